The van der Waals surface area contributed by atoms with Crippen LogP contribution in [0.4, 0.5) is 9.59 Å². The van der Waals surface area contributed by atoms with Crippen molar-refractivity contribution in [2.24, 2.45) is 5.92 Å². The van der Waals surface area contributed by atoms with Gasteiger partial charge in [0.05, 0.1) is 0 Å². The van der Waals surface area contributed by atoms with Crippen LogP contribution in [0.1, 0.15) is 357 Å². The third-order valence-electron chi connectivity index (χ3n) is 18.8. The van der Waals surface area contributed by atoms with Crippen molar-refractivity contribution in [2.75, 3.05) is 91.2 Å². The van der Waals surface area contributed by atoms with Crippen LogP contribution in [0.15, 0.2) is 24.3 Å². The maximum Gasteiger partial charge on any atom is 0.306 e. The molecule has 0 radical (unpaired) electrons. The van der Waals surface area contributed by atoms with Crippen LogP contribution in [0.3, 0.4) is 0 Å². The maximum atomic E-state index is 13.5. The zero-order chi connectivity index (χ0) is 72.0. The largest absolute Gasteiger partial charge is 0.462 e. The molecule has 0 bridgehead atoms. The summed E-state index contributed by atoms with van der Waals surface area (Å²) in [6, 6.07) is 0. The SMILES string of the molecule is CCCCCC/C=C\COC(=O)CCCCCN(CCCC(=O)OC(CCCCCCC)CCCCCCC(C)CCCCCC/C=C\COC(=O)CCCN(CCCC(=O)OC(CCCCCCCC)CCCCCCCC)C(=O)SCCN(C)C)C(=O)SCCCN(CC)CC. The third kappa shape index (κ3) is 63.8. The molecule has 0 heterocycles. The standard InChI is InChI=1S/C82H154N4O10S2/c1-10-16-20-24-29-37-48-70-93-77(87)60-46-39-47-65-85(81(91)97-72-53-64-84(14-5)15-6)67-51-62-79(89)95-75(56-42-31-23-19-13-4)59-45-36-35-41-55-74(7)54-40-32-28-27-30-38-49-71-94-78(88)61-50-66-86(82(92)98-73-69-83(8)9)68-52-63-80(90)96-76(57-43-33-25-21-17-11-2)58-44-34-26-22-18-12-3/h37-38,48-49,74-76H,10-36,39-47,50-73H2,1-9H3/b48-37-,49-38-. The first-order chi connectivity index (χ1) is 47.7. The number of allylic oxidation sites excluding steroid dienone is 2. The van der Waals surface area contributed by atoms with Crippen molar-refractivity contribution in [3.63, 3.8) is 0 Å². The molecule has 0 saturated heterocycles. The molecule has 16 heteroatoms. The van der Waals surface area contributed by atoms with Crippen LogP contribution in [0.5, 0.6) is 0 Å². The van der Waals surface area contributed by atoms with Gasteiger partial charge in [-0.2, -0.15) is 0 Å². The lowest BCUT2D eigenvalue weighted by Crippen LogP contribution is -2.31. The molecule has 0 aromatic rings. The lowest BCUT2D eigenvalue weighted by atomic mass is 9.95. The van der Waals surface area contributed by atoms with Gasteiger partial charge in [-0.25, -0.2) is 0 Å². The average Bonchev–Trinajstić information content (AvgIpc) is 2.00. The minimum absolute atomic E-state index is 0.0105. The Morgan fingerprint density at radius 3 is 1.08 bits per heavy atom. The Morgan fingerprint density at radius 1 is 0.337 bits per heavy atom. The van der Waals surface area contributed by atoms with Gasteiger partial charge in [-0.15, -0.1) is 0 Å². The van der Waals surface area contributed by atoms with Gasteiger partial charge in [0.2, 0.25) is 0 Å². The van der Waals surface area contributed by atoms with Crippen LogP contribution in [0, 0.1) is 5.92 Å². The fraction of sp³-hybridized carbons (Fsp3) is 0.878. The highest BCUT2D eigenvalue weighted by Crippen LogP contribution is 2.23. The van der Waals surface area contributed by atoms with Crippen LogP contribution in [-0.4, -0.2) is 157 Å². The highest BCUT2D eigenvalue weighted by molar-refractivity contribution is 8.13. The molecule has 0 rings (SSSR count). The molecule has 0 fully saturated rings. The van der Waals surface area contributed by atoms with E-state index in [2.05, 4.69) is 70.4 Å². The Kier molecular flexibility index (Phi) is 70.0. The topological polar surface area (TPSA) is 152 Å². The van der Waals surface area contributed by atoms with E-state index in [0.717, 1.165) is 135 Å². The summed E-state index contributed by atoms with van der Waals surface area (Å²) in [6.45, 7) is 22.1. The van der Waals surface area contributed by atoms with Crippen molar-refractivity contribution < 1.29 is 47.7 Å². The summed E-state index contributed by atoms with van der Waals surface area (Å²) in [4.78, 5) is 86.7. The first-order valence-corrected chi connectivity index (χ1v) is 42.9. The summed E-state index contributed by atoms with van der Waals surface area (Å²) in [5.74, 6) is 1.44. The molecule has 0 aliphatic rings. The molecule has 2 amide bonds. The van der Waals surface area contributed by atoms with Gasteiger partial charge in [-0.05, 0) is 155 Å². The third-order valence-corrected chi connectivity index (χ3v) is 20.7. The van der Waals surface area contributed by atoms with E-state index in [1.807, 2.05) is 31.1 Å². The Morgan fingerprint density at radius 2 is 0.673 bits per heavy atom. The van der Waals surface area contributed by atoms with Gasteiger partial charge in [0.15, 0.2) is 0 Å². The monoisotopic (exact) mass is 1420 g/mol. The predicted octanol–water partition coefficient (Wildman–Crippen LogP) is 22.7. The van der Waals surface area contributed by atoms with Crippen molar-refractivity contribution in [2.45, 2.75) is 369 Å². The second-order valence-electron chi connectivity index (χ2n) is 28.3. The summed E-state index contributed by atoms with van der Waals surface area (Å²) in [7, 11) is 4.00. The highest BCUT2D eigenvalue weighted by Gasteiger charge is 2.21. The molecule has 0 aliphatic carbocycles. The predicted molar refractivity (Wildman–Crippen MR) is 419 cm³/mol. The second kappa shape index (κ2) is 72.3. The van der Waals surface area contributed by atoms with E-state index in [-0.39, 0.29) is 66.0 Å². The summed E-state index contributed by atoms with van der Waals surface area (Å²) in [5.41, 5.74) is 0. The van der Waals surface area contributed by atoms with Gasteiger partial charge in [0, 0.05) is 69.9 Å². The lowest BCUT2D eigenvalue weighted by molar-refractivity contribution is -0.151. The Balaban J connectivity index is 4.80. The zero-order valence-corrected chi connectivity index (χ0v) is 66.8. The van der Waals surface area contributed by atoms with Crippen LogP contribution in [0.2, 0.25) is 0 Å². The van der Waals surface area contributed by atoms with Crippen molar-refractivity contribution in [1.29, 1.82) is 0 Å². The van der Waals surface area contributed by atoms with E-state index in [9.17, 15) is 28.8 Å². The lowest BCUT2D eigenvalue weighted by Gasteiger charge is -2.23. The summed E-state index contributed by atoms with van der Waals surface area (Å²) in [5, 5.41) is 0.0667. The number of carbonyl (C=O) groups excluding carboxylic acids is 6. The summed E-state index contributed by atoms with van der Waals surface area (Å²) in [6.07, 6.45) is 57.4. The second-order valence-corrected chi connectivity index (χ2v) is 30.4. The molecule has 574 valence electrons. The Hall–Kier alpha value is -3.08. The number of hydrogen-bond acceptors (Lipinski definition) is 14. The van der Waals surface area contributed by atoms with Gasteiger partial charge in [0.1, 0.15) is 25.4 Å². The number of amides is 2. The molecule has 0 N–H and O–H groups in total. The molecular formula is C82H154N4O10S2. The maximum absolute atomic E-state index is 13.5. The smallest absolute Gasteiger partial charge is 0.306 e. The molecule has 0 aromatic heterocycles. The number of nitrogens with zero attached hydrogens (tertiary/aromatic N) is 4. The van der Waals surface area contributed by atoms with E-state index in [1.165, 1.54) is 184 Å². The molecule has 98 heavy (non-hydrogen) atoms. The van der Waals surface area contributed by atoms with Crippen molar-refractivity contribution in [1.82, 2.24) is 19.6 Å². The average molecular weight is 1420 g/mol. The first-order valence-electron chi connectivity index (χ1n) is 40.9. The van der Waals surface area contributed by atoms with E-state index >= 15 is 0 Å². The molecule has 2 atom stereocenters. The molecular weight excluding hydrogens is 1270 g/mol. The minimum Gasteiger partial charge on any atom is -0.462 e. The summed E-state index contributed by atoms with van der Waals surface area (Å²) >= 11 is 2.69. The van der Waals surface area contributed by atoms with E-state index in [1.54, 1.807) is 4.90 Å². The molecule has 0 spiro atoms. The number of unbranched alkanes of at least 4 members (excludes halogenated alkanes) is 27. The zero-order valence-electron chi connectivity index (χ0n) is 65.2. The number of esters is 4. The fourth-order valence-corrected chi connectivity index (χ4v) is 14.1. The number of carbonyl (C=O) groups is 6. The molecule has 0 aromatic carbocycles. The molecule has 2 unspecified atom stereocenters. The molecule has 14 nitrogen and oxygen atoms in total. The van der Waals surface area contributed by atoms with E-state index in [4.69, 9.17) is 18.9 Å². The molecule has 0 saturated carbocycles. The highest BCUT2D eigenvalue weighted by atomic mass is 32.2. The number of thioether (sulfide) groups is 2. The number of ether oxygens (including phenoxy) is 4. The fourth-order valence-electron chi connectivity index (χ4n) is 12.3. The van der Waals surface area contributed by atoms with Crippen molar-refractivity contribution >= 4 is 57.9 Å². The quantitative estimate of drug-likeness (QED) is 0.0246. The van der Waals surface area contributed by atoms with Crippen LogP contribution >= 0.6 is 23.5 Å². The number of rotatable bonds is 72. The van der Waals surface area contributed by atoms with Crippen molar-refractivity contribution in [3.8, 4) is 0 Å². The van der Waals surface area contributed by atoms with E-state index in [0.29, 0.717) is 76.6 Å². The van der Waals surface area contributed by atoms with Crippen LogP contribution < -0.4 is 0 Å². The number of hydrogen-bond donors (Lipinski definition) is 0. The van der Waals surface area contributed by atoms with E-state index < -0.39 is 0 Å². The Bertz CT molecular complexity index is 1910. The van der Waals surface area contributed by atoms with Crippen molar-refractivity contribution in [3.05, 3.63) is 24.3 Å². The van der Waals surface area contributed by atoms with Gasteiger partial charge in [-0.3, -0.25) is 28.8 Å². The minimum atomic E-state index is -0.255. The normalized spacial score (nSPS) is 12.4. The van der Waals surface area contributed by atoms with Gasteiger partial charge in [-0.1, -0.05) is 263 Å². The van der Waals surface area contributed by atoms with Gasteiger partial charge < -0.3 is 38.5 Å². The Labute approximate surface area is 612 Å². The molecule has 0 aliphatic heterocycles. The first kappa shape index (κ1) is 94.9. The van der Waals surface area contributed by atoms with Crippen LogP contribution in [-0.2, 0) is 38.1 Å². The van der Waals surface area contributed by atoms with Gasteiger partial charge >= 0.3 is 23.9 Å². The summed E-state index contributed by atoms with van der Waals surface area (Å²) < 4.78 is 23.2. The van der Waals surface area contributed by atoms with Gasteiger partial charge in [0.25, 0.3) is 10.5 Å². The van der Waals surface area contributed by atoms with Crippen LogP contribution in [0.25, 0.3) is 0 Å².